The number of aromatic nitrogens is 3. The largest absolute Gasteiger partial charge is 0.335 e. The predicted octanol–water partition coefficient (Wildman–Crippen LogP) is 2.22. The lowest BCUT2D eigenvalue weighted by molar-refractivity contribution is 0.0703. The number of carbonyl (C=O) groups is 1. The van der Waals surface area contributed by atoms with Crippen LogP contribution >= 0.6 is 0 Å². The topological polar surface area (TPSA) is 70.5 Å². The predicted molar refractivity (Wildman–Crippen MR) is 86.6 cm³/mol. The summed E-state index contributed by atoms with van der Waals surface area (Å²) in [4.78, 5) is 30.5. The maximum Gasteiger partial charge on any atom is 0.280 e. The maximum absolute atomic E-state index is 12.8. The van der Waals surface area contributed by atoms with Crippen molar-refractivity contribution in [2.45, 2.75) is 64.5 Å². The minimum Gasteiger partial charge on any atom is -0.335 e. The first kappa shape index (κ1) is 14.5. The van der Waals surface area contributed by atoms with Gasteiger partial charge in [-0.2, -0.15) is 9.61 Å². The van der Waals surface area contributed by atoms with Crippen LogP contribution in [0.3, 0.4) is 0 Å². The van der Waals surface area contributed by atoms with Gasteiger partial charge < -0.3 is 9.88 Å². The first-order valence-electron chi connectivity index (χ1n) is 8.32. The Labute approximate surface area is 134 Å². The molecule has 3 heterocycles. The molecule has 6 nitrogen and oxygen atoms in total. The highest BCUT2D eigenvalue weighted by Gasteiger charge is 2.37. The van der Waals surface area contributed by atoms with E-state index in [0.717, 1.165) is 31.4 Å². The summed E-state index contributed by atoms with van der Waals surface area (Å²) in [6.45, 7) is 6.58. The minimum atomic E-state index is -0.168. The smallest absolute Gasteiger partial charge is 0.280 e. The molecule has 2 aliphatic rings. The van der Waals surface area contributed by atoms with E-state index in [4.69, 9.17) is 0 Å². The van der Waals surface area contributed by atoms with Gasteiger partial charge in [0.2, 0.25) is 0 Å². The van der Waals surface area contributed by atoms with E-state index in [1.807, 2.05) is 11.0 Å². The quantitative estimate of drug-likeness (QED) is 0.877. The SMILES string of the molecule is CC(C)(C)c1cc2[nH]c3c(c(=O)n2n1)CN(C1CCCC1)C3=O. The van der Waals surface area contributed by atoms with Crippen molar-refractivity contribution in [3.8, 4) is 0 Å². The zero-order valence-electron chi connectivity index (χ0n) is 13.8. The summed E-state index contributed by atoms with van der Waals surface area (Å²) in [5.41, 5.74) is 2.14. The molecule has 0 aromatic carbocycles. The molecule has 23 heavy (non-hydrogen) atoms. The lowest BCUT2D eigenvalue weighted by Gasteiger charge is -2.22. The molecule has 4 rings (SSSR count). The minimum absolute atomic E-state index is 0.0370. The van der Waals surface area contributed by atoms with Crippen molar-refractivity contribution in [2.75, 3.05) is 0 Å². The van der Waals surface area contributed by atoms with E-state index < -0.39 is 0 Å². The first-order chi connectivity index (χ1) is 10.9. The first-order valence-corrected chi connectivity index (χ1v) is 8.32. The molecule has 0 saturated heterocycles. The van der Waals surface area contributed by atoms with Gasteiger partial charge in [-0.05, 0) is 12.8 Å². The highest BCUT2D eigenvalue weighted by Crippen LogP contribution is 2.30. The van der Waals surface area contributed by atoms with Gasteiger partial charge in [-0.1, -0.05) is 33.6 Å². The number of rotatable bonds is 1. The number of nitrogens with zero attached hydrogens (tertiary/aromatic N) is 3. The van der Waals surface area contributed by atoms with E-state index in [-0.39, 0.29) is 22.9 Å². The average Bonchev–Trinajstić information content (AvgIpc) is 3.18. The Bertz CT molecular complexity index is 850. The van der Waals surface area contributed by atoms with Crippen LogP contribution in [0.2, 0.25) is 0 Å². The van der Waals surface area contributed by atoms with Crippen molar-refractivity contribution in [1.82, 2.24) is 19.5 Å². The third kappa shape index (κ3) is 2.11. The highest BCUT2D eigenvalue weighted by atomic mass is 16.2. The number of aromatic amines is 1. The molecule has 1 amide bonds. The van der Waals surface area contributed by atoms with Crippen LogP contribution in [0.4, 0.5) is 0 Å². The van der Waals surface area contributed by atoms with Crippen molar-refractivity contribution in [1.29, 1.82) is 0 Å². The summed E-state index contributed by atoms with van der Waals surface area (Å²) in [6.07, 6.45) is 4.41. The third-order valence-corrected chi connectivity index (χ3v) is 5.05. The van der Waals surface area contributed by atoms with E-state index in [9.17, 15) is 9.59 Å². The molecular weight excluding hydrogens is 292 g/mol. The molecule has 122 valence electrons. The second kappa shape index (κ2) is 4.69. The molecule has 1 N–H and O–H groups in total. The second-order valence-corrected chi connectivity index (χ2v) is 7.73. The molecule has 0 atom stereocenters. The van der Waals surface area contributed by atoms with Gasteiger partial charge >= 0.3 is 0 Å². The van der Waals surface area contributed by atoms with Crippen molar-refractivity contribution in [3.63, 3.8) is 0 Å². The fourth-order valence-corrected chi connectivity index (χ4v) is 3.66. The Morgan fingerprint density at radius 2 is 1.91 bits per heavy atom. The van der Waals surface area contributed by atoms with Crippen LogP contribution in [-0.4, -0.2) is 31.4 Å². The molecular formula is C17H22N4O2. The normalized spacial score (nSPS) is 19.1. The van der Waals surface area contributed by atoms with Crippen LogP contribution in [0.25, 0.3) is 5.65 Å². The van der Waals surface area contributed by atoms with Gasteiger partial charge in [0, 0.05) is 17.5 Å². The number of fused-ring (bicyclic) bond motifs is 2. The van der Waals surface area contributed by atoms with E-state index in [2.05, 4.69) is 30.9 Å². The number of hydrogen-bond acceptors (Lipinski definition) is 3. The van der Waals surface area contributed by atoms with Gasteiger partial charge in [0.05, 0.1) is 17.8 Å². The summed E-state index contributed by atoms with van der Waals surface area (Å²) >= 11 is 0. The van der Waals surface area contributed by atoms with Gasteiger partial charge in [-0.3, -0.25) is 9.59 Å². The third-order valence-electron chi connectivity index (χ3n) is 5.05. The van der Waals surface area contributed by atoms with Gasteiger partial charge in [-0.15, -0.1) is 0 Å². The van der Waals surface area contributed by atoms with Crippen molar-refractivity contribution in [2.24, 2.45) is 0 Å². The van der Waals surface area contributed by atoms with E-state index >= 15 is 0 Å². The molecule has 1 saturated carbocycles. The number of nitrogens with one attached hydrogen (secondary N) is 1. The van der Waals surface area contributed by atoms with E-state index in [0.29, 0.717) is 23.4 Å². The van der Waals surface area contributed by atoms with Crippen LogP contribution in [0.1, 0.15) is 68.2 Å². The molecule has 2 aromatic rings. The number of amides is 1. The fourth-order valence-electron chi connectivity index (χ4n) is 3.66. The molecule has 0 unspecified atom stereocenters. The van der Waals surface area contributed by atoms with Crippen LogP contribution in [0.15, 0.2) is 10.9 Å². The summed E-state index contributed by atoms with van der Waals surface area (Å²) in [5.74, 6) is -0.0370. The summed E-state index contributed by atoms with van der Waals surface area (Å²) < 4.78 is 1.41. The molecule has 1 aliphatic carbocycles. The zero-order chi connectivity index (χ0) is 16.4. The van der Waals surface area contributed by atoms with Crippen LogP contribution in [-0.2, 0) is 12.0 Å². The Kier molecular flexibility index (Phi) is 2.95. The summed E-state index contributed by atoms with van der Waals surface area (Å²) in [5, 5.41) is 4.45. The fraction of sp³-hybridized carbons (Fsp3) is 0.588. The Morgan fingerprint density at radius 1 is 1.22 bits per heavy atom. The standard InChI is InChI=1S/C17H22N4O2/c1-17(2,3)12-8-13-18-14-11(15(22)21(13)19-12)9-20(16(14)23)10-6-4-5-7-10/h8,10,18H,4-7,9H2,1-3H3. The van der Waals surface area contributed by atoms with Crippen molar-refractivity contribution >= 4 is 11.6 Å². The number of hydrogen-bond donors (Lipinski definition) is 1. The van der Waals surface area contributed by atoms with Crippen LogP contribution in [0.5, 0.6) is 0 Å². The van der Waals surface area contributed by atoms with Crippen LogP contribution in [0, 0.1) is 0 Å². The monoisotopic (exact) mass is 314 g/mol. The summed E-state index contributed by atoms with van der Waals surface area (Å²) in [7, 11) is 0. The molecule has 0 bridgehead atoms. The maximum atomic E-state index is 12.8. The Hall–Kier alpha value is -2.11. The second-order valence-electron chi connectivity index (χ2n) is 7.73. The Balaban J connectivity index is 1.82. The molecule has 1 fully saturated rings. The Morgan fingerprint density at radius 3 is 2.57 bits per heavy atom. The number of carbonyl (C=O) groups excluding carboxylic acids is 1. The van der Waals surface area contributed by atoms with E-state index in [1.54, 1.807) is 0 Å². The van der Waals surface area contributed by atoms with Crippen LogP contribution < -0.4 is 5.56 Å². The van der Waals surface area contributed by atoms with Crippen molar-refractivity contribution in [3.05, 3.63) is 33.4 Å². The molecule has 6 heteroatoms. The molecule has 2 aromatic heterocycles. The molecule has 0 radical (unpaired) electrons. The van der Waals surface area contributed by atoms with Crippen molar-refractivity contribution < 1.29 is 4.79 Å². The van der Waals surface area contributed by atoms with E-state index in [1.165, 1.54) is 4.52 Å². The van der Waals surface area contributed by atoms with Gasteiger partial charge in [0.1, 0.15) is 11.3 Å². The lowest BCUT2D eigenvalue weighted by atomic mass is 9.93. The number of H-pyrrole nitrogens is 1. The molecule has 0 spiro atoms. The lowest BCUT2D eigenvalue weighted by Crippen LogP contribution is -2.33. The molecule has 1 aliphatic heterocycles. The van der Waals surface area contributed by atoms with Gasteiger partial charge in [0.25, 0.3) is 11.5 Å². The van der Waals surface area contributed by atoms with Gasteiger partial charge in [0.15, 0.2) is 0 Å². The average molecular weight is 314 g/mol. The van der Waals surface area contributed by atoms with Gasteiger partial charge in [-0.25, -0.2) is 0 Å². The zero-order valence-corrected chi connectivity index (χ0v) is 13.8. The highest BCUT2D eigenvalue weighted by molar-refractivity contribution is 5.97. The summed E-state index contributed by atoms with van der Waals surface area (Å²) in [6, 6.07) is 2.15.